The minimum absolute atomic E-state index is 0.0599. The lowest BCUT2D eigenvalue weighted by atomic mass is 10.2. The van der Waals surface area contributed by atoms with Crippen LogP contribution in [0.15, 0.2) is 40.9 Å². The highest BCUT2D eigenvalue weighted by Crippen LogP contribution is 2.28. The summed E-state index contributed by atoms with van der Waals surface area (Å²) in [5.41, 5.74) is 0.706. The van der Waals surface area contributed by atoms with Gasteiger partial charge in [-0.15, -0.1) is 0 Å². The van der Waals surface area contributed by atoms with Crippen LogP contribution in [0.1, 0.15) is 5.56 Å². The van der Waals surface area contributed by atoms with Crippen LogP contribution in [-0.4, -0.2) is 26.8 Å². The highest BCUT2D eigenvalue weighted by Gasteiger charge is 2.11. The normalized spacial score (nSPS) is 10.2. The first-order chi connectivity index (χ1) is 11.5. The zero-order valence-corrected chi connectivity index (χ0v) is 15.5. The molecule has 0 aromatic heterocycles. The Morgan fingerprint density at radius 2 is 1.83 bits per heavy atom. The average Bonchev–Trinajstić information content (AvgIpc) is 2.58. The van der Waals surface area contributed by atoms with E-state index in [4.69, 9.17) is 30.5 Å². The number of hydrogen-bond donors (Lipinski definition) is 0. The van der Waals surface area contributed by atoms with Gasteiger partial charge in [-0.1, -0.05) is 11.6 Å². The molecule has 0 aliphatic rings. The van der Waals surface area contributed by atoms with Gasteiger partial charge in [0.05, 0.1) is 18.7 Å². The predicted octanol–water partition coefficient (Wildman–Crippen LogP) is 4.24. The molecule has 0 aliphatic heterocycles. The molecule has 0 aliphatic carbocycles. The molecule has 0 bridgehead atoms. The topological polar surface area (TPSA) is 54.0 Å². The molecule has 24 heavy (non-hydrogen) atoms. The van der Waals surface area contributed by atoms with Gasteiger partial charge in [-0.3, -0.25) is 0 Å². The number of esters is 1. The zero-order valence-electron chi connectivity index (χ0n) is 13.2. The Hall–Kier alpha value is -1.92. The van der Waals surface area contributed by atoms with Crippen molar-refractivity contribution >= 4 is 33.5 Å². The van der Waals surface area contributed by atoms with Gasteiger partial charge >= 0.3 is 5.97 Å². The number of carbonyl (C=O) groups excluding carboxylic acids is 1. The van der Waals surface area contributed by atoms with Crippen molar-refractivity contribution in [1.29, 1.82) is 0 Å². The molecule has 0 fully saturated rings. The third-order valence-corrected chi connectivity index (χ3v) is 3.97. The van der Waals surface area contributed by atoms with E-state index in [0.29, 0.717) is 32.3 Å². The van der Waals surface area contributed by atoms with Crippen molar-refractivity contribution in [1.82, 2.24) is 0 Å². The molecular weight excluding hydrogens is 400 g/mol. The summed E-state index contributed by atoms with van der Waals surface area (Å²) in [5.74, 6) is 1.28. The van der Waals surface area contributed by atoms with Gasteiger partial charge in [0.15, 0.2) is 6.61 Å². The van der Waals surface area contributed by atoms with E-state index in [1.165, 1.54) is 0 Å². The molecule has 2 aromatic rings. The molecule has 0 spiro atoms. The molecule has 5 nitrogen and oxygen atoms in total. The van der Waals surface area contributed by atoms with Crippen LogP contribution in [0.5, 0.6) is 17.2 Å². The molecule has 0 radical (unpaired) electrons. The molecule has 7 heteroatoms. The Bertz CT molecular complexity index is 720. The van der Waals surface area contributed by atoms with Crippen molar-refractivity contribution < 1.29 is 23.7 Å². The smallest absolute Gasteiger partial charge is 0.344 e. The lowest BCUT2D eigenvalue weighted by molar-refractivity contribution is -0.147. The van der Waals surface area contributed by atoms with E-state index in [9.17, 15) is 4.79 Å². The van der Waals surface area contributed by atoms with Gasteiger partial charge in [0, 0.05) is 10.6 Å². The maximum absolute atomic E-state index is 11.9. The van der Waals surface area contributed by atoms with Crippen LogP contribution in [0.4, 0.5) is 0 Å². The third kappa shape index (κ3) is 5.04. The van der Waals surface area contributed by atoms with Gasteiger partial charge in [-0.05, 0) is 52.3 Å². The number of hydrogen-bond acceptors (Lipinski definition) is 5. The highest BCUT2D eigenvalue weighted by molar-refractivity contribution is 9.10. The lowest BCUT2D eigenvalue weighted by Crippen LogP contribution is -2.15. The Morgan fingerprint density at radius 1 is 1.08 bits per heavy atom. The van der Waals surface area contributed by atoms with Gasteiger partial charge in [-0.2, -0.15) is 0 Å². The Kier molecular flexibility index (Phi) is 6.75. The monoisotopic (exact) mass is 414 g/mol. The van der Waals surface area contributed by atoms with E-state index in [-0.39, 0.29) is 13.2 Å². The molecule has 0 saturated heterocycles. The van der Waals surface area contributed by atoms with E-state index in [1.807, 2.05) is 0 Å². The maximum atomic E-state index is 11.9. The van der Waals surface area contributed by atoms with Gasteiger partial charge in [-0.25, -0.2) is 4.79 Å². The molecule has 0 atom stereocenters. The van der Waals surface area contributed by atoms with Crippen molar-refractivity contribution in [3.05, 3.63) is 51.5 Å². The van der Waals surface area contributed by atoms with Crippen molar-refractivity contribution in [2.75, 3.05) is 20.8 Å². The van der Waals surface area contributed by atoms with Gasteiger partial charge < -0.3 is 18.9 Å². The predicted molar refractivity (Wildman–Crippen MR) is 94.0 cm³/mol. The van der Waals surface area contributed by atoms with E-state index in [0.717, 1.165) is 0 Å². The van der Waals surface area contributed by atoms with Crippen molar-refractivity contribution in [3.8, 4) is 17.2 Å². The van der Waals surface area contributed by atoms with Crippen LogP contribution >= 0.6 is 27.5 Å². The second-order valence-corrected chi connectivity index (χ2v) is 5.99. The SMILES string of the molecule is COc1ccc(OC)c(COC(=O)COc2ccc(Cl)cc2Br)c1. The lowest BCUT2D eigenvalue weighted by Gasteiger charge is -2.12. The van der Waals surface area contributed by atoms with Crippen molar-refractivity contribution in [3.63, 3.8) is 0 Å². The molecule has 0 heterocycles. The van der Waals surface area contributed by atoms with Crippen LogP contribution in [0.25, 0.3) is 0 Å². The first kappa shape index (κ1) is 18.4. The van der Waals surface area contributed by atoms with E-state index in [1.54, 1.807) is 50.6 Å². The third-order valence-electron chi connectivity index (χ3n) is 3.12. The standard InChI is InChI=1S/C17H16BrClO5/c1-21-13-4-6-15(22-2)11(7-13)9-24-17(20)10-23-16-5-3-12(19)8-14(16)18/h3-8H,9-10H2,1-2H3. The van der Waals surface area contributed by atoms with Gasteiger partial charge in [0.25, 0.3) is 0 Å². The summed E-state index contributed by atoms with van der Waals surface area (Å²) in [6, 6.07) is 10.3. The number of halogens is 2. The summed E-state index contributed by atoms with van der Waals surface area (Å²) >= 11 is 9.17. The fourth-order valence-electron chi connectivity index (χ4n) is 1.92. The van der Waals surface area contributed by atoms with Gasteiger partial charge in [0.2, 0.25) is 0 Å². The first-order valence-corrected chi connectivity index (χ1v) is 8.15. The second kappa shape index (κ2) is 8.80. The Balaban J connectivity index is 1.91. The minimum atomic E-state index is -0.498. The molecule has 0 N–H and O–H groups in total. The number of carbonyl (C=O) groups is 1. The van der Waals surface area contributed by atoms with Gasteiger partial charge in [0.1, 0.15) is 23.9 Å². The van der Waals surface area contributed by atoms with Crippen LogP contribution in [0.3, 0.4) is 0 Å². The quantitative estimate of drug-likeness (QED) is 0.633. The molecule has 2 aromatic carbocycles. The summed E-state index contributed by atoms with van der Waals surface area (Å²) in [6.45, 7) is -0.156. The van der Waals surface area contributed by atoms with Crippen LogP contribution in [0.2, 0.25) is 5.02 Å². The summed E-state index contributed by atoms with van der Waals surface area (Å²) in [6.07, 6.45) is 0. The second-order valence-electron chi connectivity index (χ2n) is 4.70. The largest absolute Gasteiger partial charge is 0.497 e. The molecule has 0 unspecified atom stereocenters. The van der Waals surface area contributed by atoms with E-state index < -0.39 is 5.97 Å². The highest BCUT2D eigenvalue weighted by atomic mass is 79.9. The minimum Gasteiger partial charge on any atom is -0.497 e. The first-order valence-electron chi connectivity index (χ1n) is 6.98. The van der Waals surface area contributed by atoms with E-state index >= 15 is 0 Å². The van der Waals surface area contributed by atoms with Crippen LogP contribution < -0.4 is 14.2 Å². The maximum Gasteiger partial charge on any atom is 0.344 e. The Morgan fingerprint density at radius 3 is 2.50 bits per heavy atom. The number of ether oxygens (including phenoxy) is 4. The summed E-state index contributed by atoms with van der Waals surface area (Å²) < 4.78 is 21.7. The molecular formula is C17H16BrClO5. The number of methoxy groups -OCH3 is 2. The van der Waals surface area contributed by atoms with Crippen LogP contribution in [0, 0.1) is 0 Å². The molecule has 0 amide bonds. The zero-order chi connectivity index (χ0) is 17.5. The molecule has 0 saturated carbocycles. The van der Waals surface area contributed by atoms with Crippen molar-refractivity contribution in [2.24, 2.45) is 0 Å². The van der Waals surface area contributed by atoms with Crippen molar-refractivity contribution in [2.45, 2.75) is 6.61 Å². The summed E-state index contributed by atoms with van der Waals surface area (Å²) in [5, 5.41) is 0.571. The number of benzene rings is 2. The summed E-state index contributed by atoms with van der Waals surface area (Å²) in [4.78, 5) is 11.9. The summed E-state index contributed by atoms with van der Waals surface area (Å²) in [7, 11) is 3.11. The molecule has 128 valence electrons. The Labute approximate surface area is 153 Å². The van der Waals surface area contributed by atoms with Crippen LogP contribution in [-0.2, 0) is 16.1 Å². The average molecular weight is 416 g/mol. The van der Waals surface area contributed by atoms with E-state index in [2.05, 4.69) is 15.9 Å². The fraction of sp³-hybridized carbons (Fsp3) is 0.235. The molecule has 2 rings (SSSR count). The fourth-order valence-corrected chi connectivity index (χ4v) is 2.72. The number of rotatable bonds is 7.